The third-order valence-corrected chi connectivity index (χ3v) is 5.58. The van der Waals surface area contributed by atoms with Crippen molar-refractivity contribution in [3.63, 3.8) is 0 Å². The largest absolute Gasteiger partial charge is 0.416 e. The summed E-state index contributed by atoms with van der Waals surface area (Å²) >= 11 is 0. The van der Waals surface area contributed by atoms with Crippen molar-refractivity contribution in [3.8, 4) is 0 Å². The van der Waals surface area contributed by atoms with E-state index in [0.717, 1.165) is 31.7 Å². The van der Waals surface area contributed by atoms with Crippen LogP contribution in [0.5, 0.6) is 0 Å². The van der Waals surface area contributed by atoms with Crippen molar-refractivity contribution >= 4 is 17.3 Å². The highest BCUT2D eigenvalue weighted by Crippen LogP contribution is 2.40. The van der Waals surface area contributed by atoms with E-state index < -0.39 is 22.6 Å². The first-order valence-electron chi connectivity index (χ1n) is 9.94. The predicted molar refractivity (Wildman–Crippen MR) is 108 cm³/mol. The Morgan fingerprint density at radius 3 is 2.33 bits per heavy atom. The maximum Gasteiger partial charge on any atom is 0.416 e. The first kappa shape index (κ1) is 21.8. The van der Waals surface area contributed by atoms with Gasteiger partial charge in [-0.05, 0) is 49.4 Å². The normalized spacial score (nSPS) is 15.5. The predicted octanol–water partition coefficient (Wildman–Crippen LogP) is 6.61. The van der Waals surface area contributed by atoms with Crippen LogP contribution in [0.2, 0.25) is 0 Å². The van der Waals surface area contributed by atoms with Crippen LogP contribution in [0.1, 0.15) is 71.5 Å². The van der Waals surface area contributed by atoms with Gasteiger partial charge in [-0.2, -0.15) is 13.2 Å². The van der Waals surface area contributed by atoms with Gasteiger partial charge in [0.25, 0.3) is 11.6 Å². The molecule has 2 aromatic carbocycles. The number of nitrogens with zero attached hydrogens (tertiary/aromatic N) is 1. The molecule has 0 radical (unpaired) electrons. The van der Waals surface area contributed by atoms with Gasteiger partial charge in [-0.1, -0.05) is 37.8 Å². The average Bonchev–Trinajstić information content (AvgIpc) is 2.97. The minimum absolute atomic E-state index is 0.136. The van der Waals surface area contributed by atoms with Crippen LogP contribution in [0, 0.1) is 17.0 Å². The Labute approximate surface area is 172 Å². The van der Waals surface area contributed by atoms with Crippen LogP contribution in [-0.2, 0) is 6.18 Å². The smallest absolute Gasteiger partial charge is 0.322 e. The molecule has 1 fully saturated rings. The molecular formula is C22H23F3N2O3. The Morgan fingerprint density at radius 1 is 1.07 bits per heavy atom. The zero-order valence-corrected chi connectivity index (χ0v) is 16.6. The van der Waals surface area contributed by atoms with Crippen LogP contribution in [0.15, 0.2) is 36.4 Å². The summed E-state index contributed by atoms with van der Waals surface area (Å²) in [5, 5.41) is 13.5. The van der Waals surface area contributed by atoms with E-state index in [-0.39, 0.29) is 28.4 Å². The molecule has 0 atom stereocenters. The number of nitro benzene ring substituents is 1. The van der Waals surface area contributed by atoms with Crippen molar-refractivity contribution in [1.29, 1.82) is 0 Å². The lowest BCUT2D eigenvalue weighted by atomic mass is 9.87. The van der Waals surface area contributed by atoms with Crippen LogP contribution in [0.25, 0.3) is 0 Å². The number of hydrogen-bond donors (Lipinski definition) is 1. The number of carbonyl (C=O) groups excluding carboxylic acids is 1. The quantitative estimate of drug-likeness (QED) is 0.344. The maximum absolute atomic E-state index is 13.8. The van der Waals surface area contributed by atoms with E-state index in [1.165, 1.54) is 30.3 Å². The van der Waals surface area contributed by atoms with Gasteiger partial charge in [0.05, 0.1) is 10.5 Å². The minimum atomic E-state index is -4.57. The molecule has 3 rings (SSSR count). The second-order valence-corrected chi connectivity index (χ2v) is 7.70. The molecule has 0 aromatic heterocycles. The van der Waals surface area contributed by atoms with E-state index in [9.17, 15) is 28.1 Å². The molecule has 8 heteroatoms. The highest BCUT2D eigenvalue weighted by Gasteiger charge is 2.36. The van der Waals surface area contributed by atoms with E-state index >= 15 is 0 Å². The number of hydrogen-bond acceptors (Lipinski definition) is 3. The van der Waals surface area contributed by atoms with Gasteiger partial charge in [0, 0.05) is 22.9 Å². The lowest BCUT2D eigenvalue weighted by molar-refractivity contribution is -0.385. The molecule has 0 aliphatic heterocycles. The molecule has 1 N–H and O–H groups in total. The zero-order chi connectivity index (χ0) is 21.9. The van der Waals surface area contributed by atoms with Crippen molar-refractivity contribution < 1.29 is 22.9 Å². The molecule has 0 spiro atoms. The molecule has 30 heavy (non-hydrogen) atoms. The van der Waals surface area contributed by atoms with Crippen molar-refractivity contribution in [1.82, 2.24) is 0 Å². The highest BCUT2D eigenvalue weighted by molar-refractivity contribution is 6.04. The Bertz CT molecular complexity index is 949. The third-order valence-electron chi connectivity index (χ3n) is 5.58. The summed E-state index contributed by atoms with van der Waals surface area (Å²) in [5.74, 6) is -0.910. The van der Waals surface area contributed by atoms with Gasteiger partial charge < -0.3 is 5.32 Å². The van der Waals surface area contributed by atoms with Gasteiger partial charge in [0.2, 0.25) is 0 Å². The summed E-state index contributed by atoms with van der Waals surface area (Å²) in [6.45, 7) is 1.56. The topological polar surface area (TPSA) is 72.2 Å². The monoisotopic (exact) mass is 420 g/mol. The van der Waals surface area contributed by atoms with E-state index in [1.54, 1.807) is 6.92 Å². The summed E-state index contributed by atoms with van der Waals surface area (Å²) in [6, 6.07) is 7.84. The second-order valence-electron chi connectivity index (χ2n) is 7.70. The van der Waals surface area contributed by atoms with Gasteiger partial charge in [-0.15, -0.1) is 0 Å². The number of aryl methyl sites for hydroxylation is 1. The molecule has 0 saturated heterocycles. The van der Waals surface area contributed by atoms with Crippen molar-refractivity contribution in [3.05, 3.63) is 68.8 Å². The first-order valence-corrected chi connectivity index (χ1v) is 9.94. The number of halogens is 3. The van der Waals surface area contributed by atoms with Crippen molar-refractivity contribution in [2.45, 2.75) is 57.5 Å². The molecule has 1 saturated carbocycles. The molecule has 160 valence electrons. The lowest BCUT2D eigenvalue weighted by Gasteiger charge is -2.21. The molecule has 5 nitrogen and oxygen atoms in total. The summed E-state index contributed by atoms with van der Waals surface area (Å²) < 4.78 is 41.3. The summed E-state index contributed by atoms with van der Waals surface area (Å²) in [6.07, 6.45) is 0.707. The fourth-order valence-electron chi connectivity index (χ4n) is 3.98. The molecule has 2 aromatic rings. The van der Waals surface area contributed by atoms with E-state index in [4.69, 9.17) is 0 Å². The summed E-state index contributed by atoms with van der Waals surface area (Å²) in [5.41, 5.74) is -0.275. The van der Waals surface area contributed by atoms with E-state index in [1.807, 2.05) is 0 Å². The molecule has 1 aliphatic rings. The van der Waals surface area contributed by atoms with Crippen LogP contribution >= 0.6 is 0 Å². The fraction of sp³-hybridized carbons (Fsp3) is 0.409. The van der Waals surface area contributed by atoms with Gasteiger partial charge in [-0.25, -0.2) is 0 Å². The maximum atomic E-state index is 13.8. The second kappa shape index (κ2) is 8.85. The van der Waals surface area contributed by atoms with E-state index in [2.05, 4.69) is 5.32 Å². The van der Waals surface area contributed by atoms with Gasteiger partial charge in [0.1, 0.15) is 0 Å². The number of benzene rings is 2. The number of amides is 1. The highest BCUT2D eigenvalue weighted by atomic mass is 19.4. The van der Waals surface area contributed by atoms with Gasteiger partial charge >= 0.3 is 6.18 Å². The molecular weight excluding hydrogens is 397 g/mol. The third kappa shape index (κ3) is 4.98. The Morgan fingerprint density at radius 2 is 1.73 bits per heavy atom. The number of carbonyl (C=O) groups is 1. The Kier molecular flexibility index (Phi) is 6.43. The van der Waals surface area contributed by atoms with Crippen LogP contribution in [0.4, 0.5) is 24.5 Å². The lowest BCUT2D eigenvalue weighted by Crippen LogP contribution is -2.17. The van der Waals surface area contributed by atoms with Crippen LogP contribution in [0.3, 0.4) is 0 Å². The molecule has 0 bridgehead atoms. The molecule has 0 heterocycles. The molecule has 0 unspecified atom stereocenters. The Balaban J connectivity index is 1.90. The molecule has 1 aliphatic carbocycles. The number of nitro groups is 1. The SMILES string of the molecule is Cc1ccc(NC(=O)c2ccc(C3CCCCCC3)c(C(F)(F)F)c2)cc1[N+](=O)[O-]. The van der Waals surface area contributed by atoms with Gasteiger partial charge in [-0.3, -0.25) is 14.9 Å². The van der Waals surface area contributed by atoms with Crippen molar-refractivity contribution in [2.75, 3.05) is 5.32 Å². The summed E-state index contributed by atoms with van der Waals surface area (Å²) in [4.78, 5) is 23.0. The van der Waals surface area contributed by atoms with Crippen LogP contribution < -0.4 is 5.32 Å². The summed E-state index contributed by atoms with van der Waals surface area (Å²) in [7, 11) is 0. The van der Waals surface area contributed by atoms with E-state index in [0.29, 0.717) is 18.4 Å². The number of nitrogens with one attached hydrogen (secondary N) is 1. The standard InChI is InChI=1S/C22H23F3N2O3/c1-14-8-10-17(13-20(14)27(29)30)26-21(28)16-9-11-18(19(12-16)22(23,24)25)15-6-4-2-3-5-7-15/h8-13,15H,2-7H2,1H3,(H,26,28). The molecule has 1 amide bonds. The average molecular weight is 420 g/mol. The fourth-order valence-corrected chi connectivity index (χ4v) is 3.98. The number of alkyl halides is 3. The van der Waals surface area contributed by atoms with Gasteiger partial charge in [0.15, 0.2) is 0 Å². The Hall–Kier alpha value is -2.90. The number of rotatable bonds is 4. The first-order chi connectivity index (χ1) is 14.2. The van der Waals surface area contributed by atoms with Crippen molar-refractivity contribution in [2.24, 2.45) is 0 Å². The number of anilines is 1. The van der Waals surface area contributed by atoms with Crippen LogP contribution in [-0.4, -0.2) is 10.8 Å². The minimum Gasteiger partial charge on any atom is -0.322 e. The zero-order valence-electron chi connectivity index (χ0n) is 16.6.